The van der Waals surface area contributed by atoms with Crippen LogP contribution in [0.5, 0.6) is 5.75 Å². The average Bonchev–Trinajstić information content (AvgIpc) is 2.36. The van der Waals surface area contributed by atoms with Crippen molar-refractivity contribution in [3.63, 3.8) is 0 Å². The van der Waals surface area contributed by atoms with Crippen LogP contribution in [0.1, 0.15) is 32.8 Å². The smallest absolute Gasteiger partial charge is 0.119 e. The second-order valence-electron chi connectivity index (χ2n) is 4.83. The van der Waals surface area contributed by atoms with Gasteiger partial charge in [0.05, 0.1) is 6.61 Å². The van der Waals surface area contributed by atoms with Gasteiger partial charge in [-0.2, -0.15) is 0 Å². The Bertz CT molecular complexity index is 382. The minimum Gasteiger partial charge on any atom is -0.494 e. The van der Waals surface area contributed by atoms with E-state index in [1.54, 1.807) is 0 Å². The number of likely N-dealkylation sites (N-methyl/N-ethyl adjacent to an activating group) is 1. The van der Waals surface area contributed by atoms with Crippen molar-refractivity contribution in [2.24, 2.45) is 5.92 Å². The van der Waals surface area contributed by atoms with Gasteiger partial charge >= 0.3 is 0 Å². The topological polar surface area (TPSA) is 21.3 Å². The zero-order chi connectivity index (χ0) is 13.4. The summed E-state index contributed by atoms with van der Waals surface area (Å²) in [5.74, 6) is 1.51. The third-order valence-corrected chi connectivity index (χ3v) is 2.81. The second kappa shape index (κ2) is 7.93. The van der Waals surface area contributed by atoms with Gasteiger partial charge in [0.15, 0.2) is 0 Å². The van der Waals surface area contributed by atoms with Crippen LogP contribution in [-0.4, -0.2) is 20.2 Å². The Morgan fingerprint density at radius 3 is 2.78 bits per heavy atom. The quantitative estimate of drug-likeness (QED) is 0.792. The standard InChI is InChI=1S/C16H25NO/c1-5-9-18-16-8-6-7-14(11-16)10-15(12-17-4)13(2)3/h6-8,10-11,13,17H,5,9,12H2,1-4H3. The molecule has 0 aliphatic rings. The highest BCUT2D eigenvalue weighted by Gasteiger charge is 2.03. The molecular formula is C16H25NO. The molecule has 0 heterocycles. The minimum absolute atomic E-state index is 0.553. The molecule has 0 aromatic heterocycles. The largest absolute Gasteiger partial charge is 0.494 e. The van der Waals surface area contributed by atoms with Gasteiger partial charge in [0.25, 0.3) is 0 Å². The molecule has 1 rings (SSSR count). The fourth-order valence-electron chi connectivity index (χ4n) is 1.75. The van der Waals surface area contributed by atoms with Crippen molar-refractivity contribution in [3.8, 4) is 5.75 Å². The average molecular weight is 247 g/mol. The van der Waals surface area contributed by atoms with Crippen molar-refractivity contribution in [1.29, 1.82) is 0 Å². The Labute approximate surface area is 111 Å². The lowest BCUT2D eigenvalue weighted by Crippen LogP contribution is -2.13. The maximum Gasteiger partial charge on any atom is 0.119 e. The SMILES string of the molecule is CCCOc1cccc(C=C(CNC)C(C)C)c1. The van der Waals surface area contributed by atoms with E-state index in [9.17, 15) is 0 Å². The molecule has 0 unspecified atom stereocenters. The first kappa shape index (κ1) is 14.8. The molecule has 0 bridgehead atoms. The molecule has 0 aliphatic carbocycles. The fourth-order valence-corrected chi connectivity index (χ4v) is 1.75. The molecule has 1 N–H and O–H groups in total. The highest BCUT2D eigenvalue weighted by Crippen LogP contribution is 2.18. The summed E-state index contributed by atoms with van der Waals surface area (Å²) in [6, 6.07) is 8.29. The fraction of sp³-hybridized carbons (Fsp3) is 0.500. The Kier molecular flexibility index (Phi) is 6.51. The van der Waals surface area contributed by atoms with E-state index in [0.29, 0.717) is 5.92 Å². The van der Waals surface area contributed by atoms with Gasteiger partial charge in [-0.15, -0.1) is 0 Å². The number of ether oxygens (including phenoxy) is 1. The molecule has 0 saturated carbocycles. The van der Waals surface area contributed by atoms with Gasteiger partial charge in [0, 0.05) is 6.54 Å². The van der Waals surface area contributed by atoms with Crippen molar-refractivity contribution in [3.05, 3.63) is 35.4 Å². The highest BCUT2D eigenvalue weighted by atomic mass is 16.5. The molecule has 0 saturated heterocycles. The Morgan fingerprint density at radius 2 is 2.17 bits per heavy atom. The van der Waals surface area contributed by atoms with E-state index in [-0.39, 0.29) is 0 Å². The molecule has 2 nitrogen and oxygen atoms in total. The monoisotopic (exact) mass is 247 g/mol. The van der Waals surface area contributed by atoms with Crippen LogP contribution in [0.2, 0.25) is 0 Å². The summed E-state index contributed by atoms with van der Waals surface area (Å²) in [6.07, 6.45) is 3.29. The summed E-state index contributed by atoms with van der Waals surface area (Å²) in [5.41, 5.74) is 2.62. The van der Waals surface area contributed by atoms with Crippen LogP contribution >= 0.6 is 0 Å². The van der Waals surface area contributed by atoms with Gasteiger partial charge in [-0.1, -0.05) is 44.6 Å². The molecule has 0 amide bonds. The van der Waals surface area contributed by atoms with E-state index in [0.717, 1.165) is 25.3 Å². The molecular weight excluding hydrogens is 222 g/mol. The number of hydrogen-bond acceptors (Lipinski definition) is 2. The van der Waals surface area contributed by atoms with Crippen molar-refractivity contribution in [1.82, 2.24) is 5.32 Å². The lowest BCUT2D eigenvalue weighted by molar-refractivity contribution is 0.317. The van der Waals surface area contributed by atoms with Crippen molar-refractivity contribution in [2.45, 2.75) is 27.2 Å². The van der Waals surface area contributed by atoms with Crippen LogP contribution in [-0.2, 0) is 0 Å². The van der Waals surface area contributed by atoms with Crippen LogP contribution in [0.4, 0.5) is 0 Å². The number of nitrogens with one attached hydrogen (secondary N) is 1. The third kappa shape index (κ3) is 4.92. The summed E-state index contributed by atoms with van der Waals surface area (Å²) in [7, 11) is 1.98. The summed E-state index contributed by atoms with van der Waals surface area (Å²) >= 11 is 0. The normalized spacial score (nSPS) is 11.9. The third-order valence-electron chi connectivity index (χ3n) is 2.81. The predicted octanol–water partition coefficient (Wildman–Crippen LogP) is 3.73. The summed E-state index contributed by atoms with van der Waals surface area (Å²) in [5, 5.41) is 3.22. The maximum atomic E-state index is 5.65. The maximum absolute atomic E-state index is 5.65. The molecule has 18 heavy (non-hydrogen) atoms. The first-order chi connectivity index (χ1) is 8.67. The zero-order valence-electron chi connectivity index (χ0n) is 12.0. The van der Waals surface area contributed by atoms with E-state index in [2.05, 4.69) is 44.3 Å². The molecule has 0 spiro atoms. The van der Waals surface area contributed by atoms with Crippen LogP contribution in [0.15, 0.2) is 29.8 Å². The van der Waals surface area contributed by atoms with Gasteiger partial charge in [0.1, 0.15) is 5.75 Å². The van der Waals surface area contributed by atoms with E-state index < -0.39 is 0 Å². The lowest BCUT2D eigenvalue weighted by atomic mass is 10.0. The Morgan fingerprint density at radius 1 is 1.39 bits per heavy atom. The van der Waals surface area contributed by atoms with E-state index in [4.69, 9.17) is 4.74 Å². The molecule has 0 aliphatic heterocycles. The molecule has 1 aromatic rings. The van der Waals surface area contributed by atoms with Gasteiger partial charge < -0.3 is 10.1 Å². The van der Waals surface area contributed by atoms with Crippen molar-refractivity contribution < 1.29 is 4.74 Å². The van der Waals surface area contributed by atoms with Crippen LogP contribution in [0.25, 0.3) is 6.08 Å². The van der Waals surface area contributed by atoms with E-state index in [1.165, 1.54) is 11.1 Å². The summed E-state index contributed by atoms with van der Waals surface area (Å²) < 4.78 is 5.65. The molecule has 0 atom stereocenters. The van der Waals surface area contributed by atoms with Crippen LogP contribution < -0.4 is 10.1 Å². The van der Waals surface area contributed by atoms with Crippen molar-refractivity contribution >= 4 is 6.08 Å². The van der Waals surface area contributed by atoms with Crippen molar-refractivity contribution in [2.75, 3.05) is 20.2 Å². The number of benzene rings is 1. The number of rotatable bonds is 7. The zero-order valence-corrected chi connectivity index (χ0v) is 12.0. The van der Waals surface area contributed by atoms with E-state index >= 15 is 0 Å². The van der Waals surface area contributed by atoms with Gasteiger partial charge in [-0.25, -0.2) is 0 Å². The molecule has 1 aromatic carbocycles. The summed E-state index contributed by atoms with van der Waals surface area (Å²) in [6.45, 7) is 8.27. The van der Waals surface area contributed by atoms with Gasteiger partial charge in [0.2, 0.25) is 0 Å². The summed E-state index contributed by atoms with van der Waals surface area (Å²) in [4.78, 5) is 0. The molecule has 0 radical (unpaired) electrons. The van der Waals surface area contributed by atoms with Gasteiger partial charge in [-0.05, 0) is 37.1 Å². The molecule has 0 fully saturated rings. The highest BCUT2D eigenvalue weighted by molar-refractivity contribution is 5.55. The van der Waals surface area contributed by atoms with Crippen LogP contribution in [0, 0.1) is 5.92 Å². The number of hydrogen-bond donors (Lipinski definition) is 1. The first-order valence-corrected chi connectivity index (χ1v) is 6.75. The first-order valence-electron chi connectivity index (χ1n) is 6.75. The van der Waals surface area contributed by atoms with Gasteiger partial charge in [-0.3, -0.25) is 0 Å². The molecule has 100 valence electrons. The predicted molar refractivity (Wildman–Crippen MR) is 79.0 cm³/mol. The second-order valence-corrected chi connectivity index (χ2v) is 4.83. The molecule has 2 heteroatoms. The Balaban J connectivity index is 2.84. The lowest BCUT2D eigenvalue weighted by Gasteiger charge is -2.11. The minimum atomic E-state index is 0.553. The Hall–Kier alpha value is -1.28. The van der Waals surface area contributed by atoms with Crippen LogP contribution in [0.3, 0.4) is 0 Å². The van der Waals surface area contributed by atoms with E-state index in [1.807, 2.05) is 19.2 Å².